The van der Waals surface area contributed by atoms with Crippen LogP contribution in [0.3, 0.4) is 0 Å². The first-order valence-electron chi connectivity index (χ1n) is 9.35. The fourth-order valence-corrected chi connectivity index (χ4v) is 5.16. The van der Waals surface area contributed by atoms with Crippen molar-refractivity contribution in [1.82, 2.24) is 0 Å². The lowest BCUT2D eigenvalue weighted by atomic mass is 10.1. The molecule has 0 N–H and O–H groups in total. The van der Waals surface area contributed by atoms with Crippen LogP contribution in [-0.2, 0) is 32.5 Å². The van der Waals surface area contributed by atoms with Crippen LogP contribution in [-0.4, -0.2) is 25.9 Å². The molecule has 8 nitrogen and oxygen atoms in total. The molecule has 10 heteroatoms. The van der Waals surface area contributed by atoms with Crippen LogP contribution in [0, 0.1) is 10.1 Å². The lowest BCUT2D eigenvalue weighted by Gasteiger charge is -2.24. The van der Waals surface area contributed by atoms with E-state index in [2.05, 4.69) is 0 Å². The molecule has 0 fully saturated rings. The Kier molecular flexibility index (Phi) is 7.03. The van der Waals surface area contributed by atoms with Crippen LogP contribution in [0.2, 0.25) is 0 Å². The van der Waals surface area contributed by atoms with Gasteiger partial charge in [0, 0.05) is 17.0 Å². The summed E-state index contributed by atoms with van der Waals surface area (Å²) in [5.41, 5.74) is 0.764. The zero-order chi connectivity index (χ0) is 22.4. The molecule has 0 bridgehead atoms. The molecule has 0 aliphatic carbocycles. The summed E-state index contributed by atoms with van der Waals surface area (Å²) >= 11 is 1.41. The summed E-state index contributed by atoms with van der Waals surface area (Å²) in [5, 5.41) is 13.0. The van der Waals surface area contributed by atoms with Crippen molar-refractivity contribution in [3.8, 4) is 0 Å². The Labute approximate surface area is 183 Å². The Morgan fingerprint density at radius 2 is 1.87 bits per heavy atom. The number of hydrogen-bond acceptors (Lipinski definition) is 7. The third kappa shape index (κ3) is 5.47. The van der Waals surface area contributed by atoms with Gasteiger partial charge in [0.15, 0.2) is 0 Å². The smallest absolute Gasteiger partial charge is 0.310 e. The number of non-ortho nitro benzene ring substituents is 1. The maximum absolute atomic E-state index is 13.4. The van der Waals surface area contributed by atoms with Gasteiger partial charge < -0.3 is 4.74 Å². The van der Waals surface area contributed by atoms with Gasteiger partial charge in [0.05, 0.1) is 35.1 Å². The molecular weight excluding hydrogens is 440 g/mol. The third-order valence-corrected chi connectivity index (χ3v) is 7.01. The number of thiophene rings is 1. The zero-order valence-electron chi connectivity index (χ0n) is 16.6. The van der Waals surface area contributed by atoms with E-state index in [0.29, 0.717) is 11.3 Å². The molecule has 3 aromatic rings. The lowest BCUT2D eigenvalue weighted by Crippen LogP contribution is -2.30. The Bertz CT molecular complexity index is 1160. The molecule has 0 aliphatic rings. The van der Waals surface area contributed by atoms with Gasteiger partial charge >= 0.3 is 5.97 Å². The minimum Gasteiger partial charge on any atom is -0.466 e. The van der Waals surface area contributed by atoms with E-state index in [1.165, 1.54) is 33.8 Å². The summed E-state index contributed by atoms with van der Waals surface area (Å²) in [4.78, 5) is 22.8. The van der Waals surface area contributed by atoms with Crippen molar-refractivity contribution in [2.45, 2.75) is 24.8 Å². The van der Waals surface area contributed by atoms with Gasteiger partial charge in [0.1, 0.15) is 0 Å². The van der Waals surface area contributed by atoms with Gasteiger partial charge in [-0.05, 0) is 42.1 Å². The lowest BCUT2D eigenvalue weighted by molar-refractivity contribution is -0.385. The third-order valence-electron chi connectivity index (χ3n) is 4.37. The predicted octanol–water partition coefficient (Wildman–Crippen LogP) is 4.16. The molecule has 162 valence electrons. The Morgan fingerprint density at radius 3 is 2.48 bits per heavy atom. The normalized spacial score (nSPS) is 11.1. The topological polar surface area (TPSA) is 107 Å². The van der Waals surface area contributed by atoms with Gasteiger partial charge in [-0.25, -0.2) is 8.42 Å². The van der Waals surface area contributed by atoms with E-state index in [-0.39, 0.29) is 36.1 Å². The monoisotopic (exact) mass is 460 g/mol. The van der Waals surface area contributed by atoms with Gasteiger partial charge in [-0.15, -0.1) is 11.3 Å². The molecule has 1 aromatic heterocycles. The first kappa shape index (κ1) is 22.4. The second-order valence-corrected chi connectivity index (χ2v) is 9.39. The van der Waals surface area contributed by atoms with E-state index in [1.807, 2.05) is 17.5 Å². The number of nitrogens with zero attached hydrogens (tertiary/aromatic N) is 2. The van der Waals surface area contributed by atoms with Gasteiger partial charge in [-0.2, -0.15) is 0 Å². The Morgan fingerprint density at radius 1 is 1.13 bits per heavy atom. The summed E-state index contributed by atoms with van der Waals surface area (Å²) in [6, 6.07) is 15.1. The van der Waals surface area contributed by atoms with E-state index < -0.39 is 14.9 Å². The average molecular weight is 461 g/mol. The minimum atomic E-state index is -4.09. The van der Waals surface area contributed by atoms with Crippen molar-refractivity contribution >= 4 is 38.7 Å². The number of ether oxygens (including phenoxy) is 1. The standard InChI is InChI=1S/C21H20N2O6S2/c1-2-29-21(24)13-16-8-10-17(11-9-16)22(15-19-6-4-12-30-19)31(27,28)20-7-3-5-18(14-20)23(25)26/h3-12,14H,2,13,15H2,1H3. The number of nitro benzene ring substituents is 1. The van der Waals surface area contributed by atoms with E-state index in [0.717, 1.165) is 10.9 Å². The van der Waals surface area contributed by atoms with Crippen molar-refractivity contribution in [1.29, 1.82) is 0 Å². The quantitative estimate of drug-likeness (QED) is 0.270. The number of carbonyl (C=O) groups excluding carboxylic acids is 1. The molecule has 0 saturated heterocycles. The van der Waals surface area contributed by atoms with Crippen LogP contribution >= 0.6 is 11.3 Å². The number of carbonyl (C=O) groups is 1. The number of benzene rings is 2. The number of esters is 1. The number of nitro groups is 1. The van der Waals surface area contributed by atoms with Crippen LogP contribution in [0.15, 0.2) is 70.9 Å². The molecule has 1 heterocycles. The number of sulfonamides is 1. The molecule has 0 spiro atoms. The zero-order valence-corrected chi connectivity index (χ0v) is 18.3. The summed E-state index contributed by atoms with van der Waals surface area (Å²) in [6.45, 7) is 2.08. The minimum absolute atomic E-state index is 0.0694. The SMILES string of the molecule is CCOC(=O)Cc1ccc(N(Cc2cccs2)S(=O)(=O)c2cccc([N+](=O)[O-])c2)cc1. The maximum Gasteiger partial charge on any atom is 0.310 e. The second kappa shape index (κ2) is 9.71. The van der Waals surface area contributed by atoms with Crippen molar-refractivity contribution < 1.29 is 22.9 Å². The van der Waals surface area contributed by atoms with Crippen molar-refractivity contribution in [3.63, 3.8) is 0 Å². The van der Waals surface area contributed by atoms with Gasteiger partial charge in [0.2, 0.25) is 0 Å². The molecule has 0 atom stereocenters. The largest absolute Gasteiger partial charge is 0.466 e. The average Bonchev–Trinajstić information content (AvgIpc) is 3.26. The molecular formula is C21H20N2O6S2. The molecule has 31 heavy (non-hydrogen) atoms. The molecule has 0 amide bonds. The van der Waals surface area contributed by atoms with E-state index in [9.17, 15) is 23.3 Å². The van der Waals surface area contributed by atoms with Crippen LogP contribution in [0.1, 0.15) is 17.4 Å². The fraction of sp³-hybridized carbons (Fsp3) is 0.190. The van der Waals surface area contributed by atoms with Crippen molar-refractivity contribution in [2.75, 3.05) is 10.9 Å². The summed E-state index contributed by atoms with van der Waals surface area (Å²) < 4.78 is 33.0. The summed E-state index contributed by atoms with van der Waals surface area (Å²) in [7, 11) is -4.09. The highest BCUT2D eigenvalue weighted by molar-refractivity contribution is 7.92. The fourth-order valence-electron chi connectivity index (χ4n) is 2.90. The maximum atomic E-state index is 13.4. The van der Waals surface area contributed by atoms with Gasteiger partial charge in [-0.3, -0.25) is 19.2 Å². The van der Waals surface area contributed by atoms with E-state index in [1.54, 1.807) is 31.2 Å². The van der Waals surface area contributed by atoms with Crippen molar-refractivity contribution in [2.24, 2.45) is 0 Å². The number of hydrogen-bond donors (Lipinski definition) is 0. The Balaban J connectivity index is 1.97. The molecule has 0 saturated carbocycles. The highest BCUT2D eigenvalue weighted by Crippen LogP contribution is 2.29. The summed E-state index contributed by atoms with van der Waals surface area (Å²) in [6.07, 6.45) is 0.0800. The van der Waals surface area contributed by atoms with E-state index >= 15 is 0 Å². The second-order valence-electron chi connectivity index (χ2n) is 6.49. The van der Waals surface area contributed by atoms with Crippen molar-refractivity contribution in [3.05, 3.63) is 86.6 Å². The van der Waals surface area contributed by atoms with Gasteiger partial charge in [0.25, 0.3) is 15.7 Å². The van der Waals surface area contributed by atoms with Crippen LogP contribution in [0.4, 0.5) is 11.4 Å². The molecule has 0 unspecified atom stereocenters. The van der Waals surface area contributed by atoms with E-state index in [4.69, 9.17) is 4.74 Å². The Hall–Kier alpha value is -3.24. The highest BCUT2D eigenvalue weighted by Gasteiger charge is 2.27. The number of anilines is 1. The molecule has 0 aliphatic heterocycles. The van der Waals surface area contributed by atoms with Crippen LogP contribution in [0.5, 0.6) is 0 Å². The van der Waals surface area contributed by atoms with Crippen LogP contribution in [0.25, 0.3) is 0 Å². The first-order valence-corrected chi connectivity index (χ1v) is 11.7. The summed E-state index contributed by atoms with van der Waals surface area (Å²) in [5.74, 6) is -0.366. The molecule has 0 radical (unpaired) electrons. The first-order chi connectivity index (χ1) is 14.8. The van der Waals surface area contributed by atoms with Gasteiger partial charge in [-0.1, -0.05) is 24.3 Å². The highest BCUT2D eigenvalue weighted by atomic mass is 32.2. The molecule has 3 rings (SSSR count). The predicted molar refractivity (Wildman–Crippen MR) is 118 cm³/mol. The number of rotatable bonds is 9. The van der Waals surface area contributed by atoms with Crippen LogP contribution < -0.4 is 4.31 Å². The molecule has 2 aromatic carbocycles.